The first-order valence-corrected chi connectivity index (χ1v) is 9.21. The summed E-state index contributed by atoms with van der Waals surface area (Å²) < 4.78 is 0. The van der Waals surface area contributed by atoms with Crippen LogP contribution in [0, 0.1) is 5.41 Å². The SMILES string of the molecule is CCCCCCCCC(=O)C1=CN(C(C)(C)C)CCC1(C)C. The number of Topliss-reactive ketones (excluding diaryl/α,β-unsaturated/α-hetero) is 1. The summed E-state index contributed by atoms with van der Waals surface area (Å²) in [6, 6.07) is 0. The fourth-order valence-electron chi connectivity index (χ4n) is 3.11. The molecule has 0 saturated carbocycles. The molecule has 0 aromatic heterocycles. The number of hydrogen-bond donors (Lipinski definition) is 0. The van der Waals surface area contributed by atoms with Crippen LogP contribution in [-0.2, 0) is 4.79 Å². The smallest absolute Gasteiger partial charge is 0.160 e. The van der Waals surface area contributed by atoms with Crippen molar-refractivity contribution in [2.24, 2.45) is 5.41 Å². The highest BCUT2D eigenvalue weighted by molar-refractivity contribution is 5.96. The first-order chi connectivity index (χ1) is 10.2. The van der Waals surface area contributed by atoms with Crippen LogP contribution in [0.25, 0.3) is 0 Å². The first kappa shape index (κ1) is 19.3. The number of carbonyl (C=O) groups excluding carboxylic acids is 1. The van der Waals surface area contributed by atoms with Crippen LogP contribution in [0.4, 0.5) is 0 Å². The van der Waals surface area contributed by atoms with Crippen molar-refractivity contribution in [3.63, 3.8) is 0 Å². The van der Waals surface area contributed by atoms with Crippen LogP contribution in [0.1, 0.15) is 92.9 Å². The maximum absolute atomic E-state index is 12.7. The molecule has 0 bridgehead atoms. The predicted octanol–water partition coefficient (Wildman–Crippen LogP) is 5.72. The van der Waals surface area contributed by atoms with Gasteiger partial charge in [0.25, 0.3) is 0 Å². The largest absolute Gasteiger partial charge is 0.372 e. The van der Waals surface area contributed by atoms with Crippen molar-refractivity contribution in [2.45, 2.75) is 98.4 Å². The number of unbranched alkanes of at least 4 members (excludes halogenated alkanes) is 5. The molecule has 1 heterocycles. The zero-order chi connectivity index (χ0) is 16.8. The van der Waals surface area contributed by atoms with Crippen molar-refractivity contribution in [3.8, 4) is 0 Å². The molecule has 128 valence electrons. The summed E-state index contributed by atoms with van der Waals surface area (Å²) in [7, 11) is 0. The second kappa shape index (κ2) is 8.17. The Kier molecular flexibility index (Phi) is 7.15. The Morgan fingerprint density at radius 1 is 1.14 bits per heavy atom. The molecule has 0 spiro atoms. The number of hydrogen-bond acceptors (Lipinski definition) is 2. The van der Waals surface area contributed by atoms with Crippen LogP contribution in [0.15, 0.2) is 11.8 Å². The minimum Gasteiger partial charge on any atom is -0.372 e. The number of ketones is 1. The van der Waals surface area contributed by atoms with Crippen LogP contribution < -0.4 is 0 Å². The van der Waals surface area contributed by atoms with Gasteiger partial charge in [0, 0.05) is 30.3 Å². The standard InChI is InChI=1S/C20H37NO/c1-7-8-9-10-11-12-13-18(22)17-16-21(19(2,3)4)15-14-20(17,5)6/h16H,7-15H2,1-6H3. The zero-order valence-electron chi connectivity index (χ0n) is 15.8. The Morgan fingerprint density at radius 2 is 1.73 bits per heavy atom. The molecule has 2 nitrogen and oxygen atoms in total. The molecular weight excluding hydrogens is 270 g/mol. The summed E-state index contributed by atoms with van der Waals surface area (Å²) in [5, 5.41) is 0. The van der Waals surface area contributed by atoms with Crippen molar-refractivity contribution in [2.75, 3.05) is 6.54 Å². The summed E-state index contributed by atoms with van der Waals surface area (Å²) >= 11 is 0. The Bertz CT molecular complexity index is 387. The van der Waals surface area contributed by atoms with Gasteiger partial charge < -0.3 is 4.90 Å². The van der Waals surface area contributed by atoms with Crippen molar-refractivity contribution >= 4 is 5.78 Å². The quantitative estimate of drug-likeness (QED) is 0.534. The van der Waals surface area contributed by atoms with Crippen molar-refractivity contribution < 1.29 is 4.79 Å². The Labute approximate surface area is 138 Å². The van der Waals surface area contributed by atoms with Gasteiger partial charge in [-0.3, -0.25) is 4.79 Å². The summed E-state index contributed by atoms with van der Waals surface area (Å²) in [6.07, 6.45) is 11.4. The summed E-state index contributed by atoms with van der Waals surface area (Å²) in [5.41, 5.74) is 1.17. The molecule has 1 rings (SSSR count). The lowest BCUT2D eigenvalue weighted by atomic mass is 9.76. The molecule has 0 aliphatic carbocycles. The van der Waals surface area contributed by atoms with Gasteiger partial charge >= 0.3 is 0 Å². The summed E-state index contributed by atoms with van der Waals surface area (Å²) in [5.74, 6) is 0.370. The van der Waals surface area contributed by atoms with Gasteiger partial charge in [-0.25, -0.2) is 0 Å². The summed E-state index contributed by atoms with van der Waals surface area (Å²) in [6.45, 7) is 14.4. The molecule has 22 heavy (non-hydrogen) atoms. The van der Waals surface area contributed by atoms with E-state index in [1.807, 2.05) is 0 Å². The van der Waals surface area contributed by atoms with E-state index < -0.39 is 0 Å². The van der Waals surface area contributed by atoms with Crippen LogP contribution in [-0.4, -0.2) is 22.8 Å². The maximum Gasteiger partial charge on any atom is 0.160 e. The lowest BCUT2D eigenvalue weighted by Gasteiger charge is -2.43. The minimum absolute atomic E-state index is 0.0288. The second-order valence-corrected chi connectivity index (χ2v) is 8.48. The maximum atomic E-state index is 12.7. The van der Waals surface area contributed by atoms with Crippen molar-refractivity contribution in [1.82, 2.24) is 4.90 Å². The molecule has 0 N–H and O–H groups in total. The van der Waals surface area contributed by atoms with Gasteiger partial charge in [-0.2, -0.15) is 0 Å². The fourth-order valence-corrected chi connectivity index (χ4v) is 3.11. The minimum atomic E-state index is 0.0288. The average Bonchev–Trinajstić information content (AvgIpc) is 2.40. The van der Waals surface area contributed by atoms with Gasteiger partial charge in [-0.15, -0.1) is 0 Å². The Balaban J connectivity index is 2.58. The highest BCUT2D eigenvalue weighted by Crippen LogP contribution is 2.37. The molecule has 2 heteroatoms. The van der Waals surface area contributed by atoms with E-state index in [4.69, 9.17) is 0 Å². The first-order valence-electron chi connectivity index (χ1n) is 9.21. The number of rotatable bonds is 8. The topological polar surface area (TPSA) is 20.3 Å². The molecule has 1 aliphatic rings. The van der Waals surface area contributed by atoms with E-state index in [1.54, 1.807) is 0 Å². The van der Waals surface area contributed by atoms with E-state index >= 15 is 0 Å². The molecule has 0 atom stereocenters. The summed E-state index contributed by atoms with van der Waals surface area (Å²) in [4.78, 5) is 15.0. The molecule has 0 fully saturated rings. The third-order valence-corrected chi connectivity index (χ3v) is 4.91. The van der Waals surface area contributed by atoms with Gasteiger partial charge in [0.15, 0.2) is 5.78 Å². The van der Waals surface area contributed by atoms with Gasteiger partial charge in [0.1, 0.15) is 0 Å². The number of allylic oxidation sites excluding steroid dienone is 1. The normalized spacial score (nSPS) is 18.3. The molecule has 0 aromatic rings. The van der Waals surface area contributed by atoms with E-state index in [0.29, 0.717) is 5.78 Å². The monoisotopic (exact) mass is 307 g/mol. The molecule has 1 aliphatic heterocycles. The van der Waals surface area contributed by atoms with Crippen LogP contribution in [0.5, 0.6) is 0 Å². The molecule has 0 saturated heterocycles. The lowest BCUT2D eigenvalue weighted by Crippen LogP contribution is -2.44. The predicted molar refractivity (Wildman–Crippen MR) is 95.9 cm³/mol. The zero-order valence-corrected chi connectivity index (χ0v) is 15.8. The van der Waals surface area contributed by atoms with Gasteiger partial charge in [0.2, 0.25) is 0 Å². The molecular formula is C20H37NO. The molecule has 0 aromatic carbocycles. The van der Waals surface area contributed by atoms with E-state index in [-0.39, 0.29) is 11.0 Å². The third-order valence-electron chi connectivity index (χ3n) is 4.91. The highest BCUT2D eigenvalue weighted by Gasteiger charge is 2.34. The van der Waals surface area contributed by atoms with E-state index in [1.165, 1.54) is 32.1 Å². The lowest BCUT2D eigenvalue weighted by molar-refractivity contribution is -0.117. The second-order valence-electron chi connectivity index (χ2n) is 8.48. The van der Waals surface area contributed by atoms with Crippen molar-refractivity contribution in [1.29, 1.82) is 0 Å². The van der Waals surface area contributed by atoms with Crippen LogP contribution in [0.3, 0.4) is 0 Å². The fraction of sp³-hybridized carbons (Fsp3) is 0.850. The molecule has 0 radical (unpaired) electrons. The molecule has 0 amide bonds. The van der Waals surface area contributed by atoms with Gasteiger partial charge in [-0.05, 0) is 39.0 Å². The number of nitrogens with zero attached hydrogens (tertiary/aromatic N) is 1. The third kappa shape index (κ3) is 5.78. The van der Waals surface area contributed by atoms with Gasteiger partial charge in [0.05, 0.1) is 0 Å². The molecule has 0 unspecified atom stereocenters. The average molecular weight is 308 g/mol. The van der Waals surface area contributed by atoms with E-state index in [0.717, 1.165) is 31.4 Å². The number of carbonyl (C=O) groups is 1. The van der Waals surface area contributed by atoms with Gasteiger partial charge in [-0.1, -0.05) is 52.9 Å². The van der Waals surface area contributed by atoms with Crippen LogP contribution >= 0.6 is 0 Å². The van der Waals surface area contributed by atoms with Crippen LogP contribution in [0.2, 0.25) is 0 Å². The Hall–Kier alpha value is -0.790. The van der Waals surface area contributed by atoms with E-state index in [2.05, 4.69) is 52.6 Å². The highest BCUT2D eigenvalue weighted by atomic mass is 16.1. The van der Waals surface area contributed by atoms with E-state index in [9.17, 15) is 4.79 Å². The van der Waals surface area contributed by atoms with Crippen molar-refractivity contribution in [3.05, 3.63) is 11.8 Å². The Morgan fingerprint density at radius 3 is 2.32 bits per heavy atom.